The minimum Gasteiger partial charge on any atom is -0.241 e. The third-order valence-electron chi connectivity index (χ3n) is 3.05. The number of hydrogen-bond acceptors (Lipinski definition) is 3. The van der Waals surface area contributed by atoms with E-state index in [1.165, 1.54) is 16.8 Å². The second-order valence-corrected chi connectivity index (χ2v) is 7.78. The Hall–Kier alpha value is -1.83. The SMILES string of the molecule is CC(C)(C)c1ccn(-c2cccc(S(=O)(=O)C(F)(F)F)c2)n1. The van der Waals surface area contributed by atoms with Crippen molar-refractivity contribution < 1.29 is 21.6 Å². The summed E-state index contributed by atoms with van der Waals surface area (Å²) in [6.07, 6.45) is 1.58. The Bertz CT molecular complexity index is 787. The van der Waals surface area contributed by atoms with E-state index in [-0.39, 0.29) is 11.1 Å². The molecule has 1 aromatic carbocycles. The van der Waals surface area contributed by atoms with Crippen molar-refractivity contribution in [1.82, 2.24) is 9.78 Å². The number of sulfone groups is 1. The van der Waals surface area contributed by atoms with Crippen LogP contribution in [0.4, 0.5) is 13.2 Å². The summed E-state index contributed by atoms with van der Waals surface area (Å²) in [7, 11) is -5.37. The number of halogens is 3. The maximum absolute atomic E-state index is 12.6. The van der Waals surface area contributed by atoms with Gasteiger partial charge in [0, 0.05) is 11.6 Å². The highest BCUT2D eigenvalue weighted by Gasteiger charge is 2.46. The summed E-state index contributed by atoms with van der Waals surface area (Å²) in [6, 6.07) is 6.37. The van der Waals surface area contributed by atoms with Gasteiger partial charge < -0.3 is 0 Å². The van der Waals surface area contributed by atoms with Gasteiger partial charge in [-0.3, -0.25) is 0 Å². The Morgan fingerprint density at radius 3 is 2.23 bits per heavy atom. The Morgan fingerprint density at radius 2 is 1.73 bits per heavy atom. The molecule has 0 saturated carbocycles. The van der Waals surface area contributed by atoms with Crippen molar-refractivity contribution in [1.29, 1.82) is 0 Å². The van der Waals surface area contributed by atoms with E-state index >= 15 is 0 Å². The van der Waals surface area contributed by atoms with Gasteiger partial charge in [-0.05, 0) is 24.3 Å². The molecule has 0 spiro atoms. The Balaban J connectivity index is 2.48. The second kappa shape index (κ2) is 5.12. The van der Waals surface area contributed by atoms with Crippen LogP contribution in [0.15, 0.2) is 41.4 Å². The predicted octanol–water partition coefficient (Wildman–Crippen LogP) is 3.46. The summed E-state index contributed by atoms with van der Waals surface area (Å²) in [5.41, 5.74) is -4.55. The molecule has 0 aliphatic rings. The van der Waals surface area contributed by atoms with Crippen LogP contribution in [0.1, 0.15) is 26.5 Å². The highest BCUT2D eigenvalue weighted by atomic mass is 32.2. The third kappa shape index (κ3) is 3.01. The van der Waals surface area contributed by atoms with Crippen molar-refractivity contribution in [3.8, 4) is 5.69 Å². The lowest BCUT2D eigenvalue weighted by Gasteiger charge is -2.14. The van der Waals surface area contributed by atoms with Crippen LogP contribution in [0.5, 0.6) is 0 Å². The molecule has 0 bridgehead atoms. The van der Waals surface area contributed by atoms with Crippen molar-refractivity contribution in [3.63, 3.8) is 0 Å². The molecule has 0 aliphatic heterocycles. The molecule has 1 heterocycles. The molecular weight excluding hydrogens is 317 g/mol. The van der Waals surface area contributed by atoms with Crippen molar-refractivity contribution in [2.24, 2.45) is 0 Å². The monoisotopic (exact) mass is 332 g/mol. The molecule has 0 amide bonds. The molecule has 0 N–H and O–H groups in total. The molecule has 8 heteroatoms. The van der Waals surface area contributed by atoms with Gasteiger partial charge in [0.2, 0.25) is 0 Å². The fourth-order valence-corrected chi connectivity index (χ4v) is 2.60. The number of alkyl halides is 3. The average Bonchev–Trinajstić information content (AvgIpc) is 2.87. The lowest BCUT2D eigenvalue weighted by atomic mass is 9.93. The number of hydrogen-bond donors (Lipinski definition) is 0. The average molecular weight is 332 g/mol. The fourth-order valence-electron chi connectivity index (χ4n) is 1.79. The maximum Gasteiger partial charge on any atom is 0.501 e. The summed E-state index contributed by atoms with van der Waals surface area (Å²) >= 11 is 0. The lowest BCUT2D eigenvalue weighted by molar-refractivity contribution is -0.0436. The minimum absolute atomic E-state index is 0.221. The largest absolute Gasteiger partial charge is 0.501 e. The van der Waals surface area contributed by atoms with Crippen LogP contribution in [0.25, 0.3) is 5.69 Å². The van der Waals surface area contributed by atoms with Crippen LogP contribution in [-0.2, 0) is 15.3 Å². The zero-order valence-corrected chi connectivity index (χ0v) is 13.0. The number of aromatic nitrogens is 2. The normalized spacial score (nSPS) is 13.4. The van der Waals surface area contributed by atoms with Crippen LogP contribution in [0.2, 0.25) is 0 Å². The van der Waals surface area contributed by atoms with Crippen LogP contribution in [0.3, 0.4) is 0 Å². The van der Waals surface area contributed by atoms with Gasteiger partial charge in [-0.15, -0.1) is 0 Å². The molecule has 0 unspecified atom stereocenters. The summed E-state index contributed by atoms with van der Waals surface area (Å²) < 4.78 is 62.1. The predicted molar refractivity (Wildman–Crippen MR) is 75.5 cm³/mol. The number of benzene rings is 1. The smallest absolute Gasteiger partial charge is 0.241 e. The molecule has 2 aromatic rings. The molecular formula is C14H15F3N2O2S. The highest BCUT2D eigenvalue weighted by Crippen LogP contribution is 2.31. The summed E-state index contributed by atoms with van der Waals surface area (Å²) in [6.45, 7) is 5.85. The second-order valence-electron chi connectivity index (χ2n) is 5.84. The zero-order chi connectivity index (χ0) is 16.8. The van der Waals surface area contributed by atoms with Gasteiger partial charge in [0.1, 0.15) is 0 Å². The van der Waals surface area contributed by atoms with Crippen LogP contribution < -0.4 is 0 Å². The quantitative estimate of drug-likeness (QED) is 0.846. The van der Waals surface area contributed by atoms with Gasteiger partial charge in [0.25, 0.3) is 9.84 Å². The third-order valence-corrected chi connectivity index (χ3v) is 4.54. The molecule has 0 aliphatic carbocycles. The molecule has 22 heavy (non-hydrogen) atoms. The van der Waals surface area contributed by atoms with E-state index in [1.807, 2.05) is 20.8 Å². The number of nitrogens with zero attached hydrogens (tertiary/aromatic N) is 2. The molecule has 120 valence electrons. The molecule has 0 atom stereocenters. The zero-order valence-electron chi connectivity index (χ0n) is 12.2. The van der Waals surface area contributed by atoms with Gasteiger partial charge in [0.05, 0.1) is 16.3 Å². The van der Waals surface area contributed by atoms with Crippen LogP contribution in [0, 0.1) is 0 Å². The summed E-state index contributed by atoms with van der Waals surface area (Å²) in [5, 5.41) is 4.28. The van der Waals surface area contributed by atoms with E-state index < -0.39 is 20.2 Å². The molecule has 0 saturated heterocycles. The van der Waals surface area contributed by atoms with Gasteiger partial charge in [-0.1, -0.05) is 26.8 Å². The van der Waals surface area contributed by atoms with Crippen molar-refractivity contribution in [2.75, 3.05) is 0 Å². The summed E-state index contributed by atoms with van der Waals surface area (Å²) in [4.78, 5) is -0.801. The van der Waals surface area contributed by atoms with Gasteiger partial charge in [-0.2, -0.15) is 18.3 Å². The Kier molecular flexibility index (Phi) is 3.85. The Labute approximate surface area is 126 Å². The lowest BCUT2D eigenvalue weighted by Crippen LogP contribution is -2.23. The first-order valence-corrected chi connectivity index (χ1v) is 7.89. The Morgan fingerprint density at radius 1 is 1.09 bits per heavy atom. The van der Waals surface area contributed by atoms with Gasteiger partial charge >= 0.3 is 5.51 Å². The minimum atomic E-state index is -5.37. The molecule has 4 nitrogen and oxygen atoms in total. The van der Waals surface area contributed by atoms with Gasteiger partial charge in [0.15, 0.2) is 0 Å². The molecule has 0 radical (unpaired) electrons. The van der Waals surface area contributed by atoms with E-state index in [0.717, 1.165) is 17.8 Å². The molecule has 0 fully saturated rings. The standard InChI is InChI=1S/C14H15F3N2O2S/c1-13(2,3)12-7-8-19(18-12)10-5-4-6-11(9-10)22(20,21)14(15,16)17/h4-9H,1-3H3. The van der Waals surface area contributed by atoms with E-state index in [9.17, 15) is 21.6 Å². The van der Waals surface area contributed by atoms with E-state index in [4.69, 9.17) is 0 Å². The van der Waals surface area contributed by atoms with Crippen molar-refractivity contribution >= 4 is 9.84 Å². The molecule has 1 aromatic heterocycles. The molecule has 2 rings (SSSR count). The fraction of sp³-hybridized carbons (Fsp3) is 0.357. The van der Waals surface area contributed by atoms with Crippen molar-refractivity contribution in [2.45, 2.75) is 36.6 Å². The van der Waals surface area contributed by atoms with Crippen molar-refractivity contribution in [3.05, 3.63) is 42.2 Å². The topological polar surface area (TPSA) is 52.0 Å². The van der Waals surface area contributed by atoms with E-state index in [0.29, 0.717) is 0 Å². The van der Waals surface area contributed by atoms with Gasteiger partial charge in [-0.25, -0.2) is 13.1 Å². The number of rotatable bonds is 2. The van der Waals surface area contributed by atoms with E-state index in [2.05, 4.69) is 5.10 Å². The first-order chi connectivity index (χ1) is 9.93. The first kappa shape index (κ1) is 16.5. The van der Waals surface area contributed by atoms with E-state index in [1.54, 1.807) is 12.3 Å². The maximum atomic E-state index is 12.6. The first-order valence-electron chi connectivity index (χ1n) is 6.41. The highest BCUT2D eigenvalue weighted by molar-refractivity contribution is 7.92. The van der Waals surface area contributed by atoms with Crippen LogP contribution >= 0.6 is 0 Å². The van der Waals surface area contributed by atoms with Crippen LogP contribution in [-0.4, -0.2) is 23.7 Å². The summed E-state index contributed by atoms with van der Waals surface area (Å²) in [5.74, 6) is 0.